The standard InChI is InChI=1S/C9H11NO3/c1-2-9(11)7-3-5-8(6-4-7)10-13-12/h3-6,10,12H,2H2,1H3. The van der Waals surface area contributed by atoms with Gasteiger partial charge in [0, 0.05) is 12.0 Å². The van der Waals surface area contributed by atoms with Crippen LogP contribution < -0.4 is 5.48 Å². The molecule has 0 aliphatic heterocycles. The molecule has 1 aromatic rings. The summed E-state index contributed by atoms with van der Waals surface area (Å²) in [5, 5.41) is 8.07. The van der Waals surface area contributed by atoms with Crippen molar-refractivity contribution in [1.29, 1.82) is 0 Å². The molecule has 1 aromatic carbocycles. The monoisotopic (exact) mass is 181 g/mol. The molecule has 0 heterocycles. The molecule has 0 unspecified atom stereocenters. The fourth-order valence-corrected chi connectivity index (χ4v) is 0.981. The van der Waals surface area contributed by atoms with Crippen LogP contribution in [0.3, 0.4) is 0 Å². The van der Waals surface area contributed by atoms with Crippen LogP contribution in [-0.4, -0.2) is 11.0 Å². The van der Waals surface area contributed by atoms with Crippen LogP contribution >= 0.6 is 0 Å². The van der Waals surface area contributed by atoms with E-state index in [9.17, 15) is 4.79 Å². The number of Topliss-reactive ketones (excluding diaryl/α,β-unsaturated/α-hetero) is 1. The largest absolute Gasteiger partial charge is 0.294 e. The van der Waals surface area contributed by atoms with Crippen molar-refractivity contribution < 1.29 is 15.0 Å². The lowest BCUT2D eigenvalue weighted by atomic mass is 10.1. The maximum absolute atomic E-state index is 11.2. The Morgan fingerprint density at radius 2 is 2.08 bits per heavy atom. The summed E-state index contributed by atoms with van der Waals surface area (Å²) in [6, 6.07) is 6.65. The maximum atomic E-state index is 11.2. The van der Waals surface area contributed by atoms with E-state index in [1.807, 2.05) is 6.92 Å². The van der Waals surface area contributed by atoms with Gasteiger partial charge in [-0.25, -0.2) is 10.7 Å². The summed E-state index contributed by atoms with van der Waals surface area (Å²) >= 11 is 0. The van der Waals surface area contributed by atoms with E-state index in [0.29, 0.717) is 17.7 Å². The number of rotatable bonds is 4. The Morgan fingerprint density at radius 1 is 1.46 bits per heavy atom. The predicted molar refractivity (Wildman–Crippen MR) is 48.4 cm³/mol. The van der Waals surface area contributed by atoms with Crippen LogP contribution in [0.5, 0.6) is 0 Å². The van der Waals surface area contributed by atoms with Crippen molar-refractivity contribution in [3.63, 3.8) is 0 Å². The molecular weight excluding hydrogens is 170 g/mol. The van der Waals surface area contributed by atoms with Crippen molar-refractivity contribution in [2.45, 2.75) is 13.3 Å². The first-order valence-electron chi connectivity index (χ1n) is 3.97. The summed E-state index contributed by atoms with van der Waals surface area (Å²) in [5.41, 5.74) is 3.49. The molecule has 0 amide bonds. The van der Waals surface area contributed by atoms with Crippen LogP contribution in [0.4, 0.5) is 5.69 Å². The Kier molecular flexibility index (Phi) is 3.42. The van der Waals surface area contributed by atoms with Gasteiger partial charge in [0.2, 0.25) is 0 Å². The summed E-state index contributed by atoms with van der Waals surface area (Å²) in [5.74, 6) is 0.0940. The number of anilines is 1. The van der Waals surface area contributed by atoms with Gasteiger partial charge in [0.25, 0.3) is 0 Å². The molecule has 0 fully saturated rings. The molecule has 2 N–H and O–H groups in total. The quantitative estimate of drug-likeness (QED) is 0.424. The Morgan fingerprint density at radius 3 is 2.54 bits per heavy atom. The highest BCUT2D eigenvalue weighted by Crippen LogP contribution is 2.10. The second-order valence-corrected chi connectivity index (χ2v) is 2.55. The summed E-state index contributed by atoms with van der Waals surface area (Å²) in [7, 11) is 0. The minimum absolute atomic E-state index is 0.0940. The van der Waals surface area contributed by atoms with E-state index in [4.69, 9.17) is 5.26 Å². The minimum Gasteiger partial charge on any atom is -0.294 e. The molecule has 0 bridgehead atoms. The molecule has 0 saturated heterocycles. The van der Waals surface area contributed by atoms with Crippen LogP contribution in [0.2, 0.25) is 0 Å². The average Bonchev–Trinajstić information content (AvgIpc) is 2.18. The van der Waals surface area contributed by atoms with Gasteiger partial charge in [-0.3, -0.25) is 4.79 Å². The zero-order valence-corrected chi connectivity index (χ0v) is 7.28. The average molecular weight is 181 g/mol. The van der Waals surface area contributed by atoms with Gasteiger partial charge >= 0.3 is 0 Å². The maximum Gasteiger partial charge on any atom is 0.162 e. The lowest BCUT2D eigenvalue weighted by Crippen LogP contribution is -1.98. The Balaban J connectivity index is 2.75. The van der Waals surface area contributed by atoms with Gasteiger partial charge in [0.15, 0.2) is 5.78 Å². The van der Waals surface area contributed by atoms with Gasteiger partial charge in [0.1, 0.15) is 0 Å². The second kappa shape index (κ2) is 4.59. The number of carbonyl (C=O) groups excluding carboxylic acids is 1. The molecule has 13 heavy (non-hydrogen) atoms. The number of ketones is 1. The molecule has 4 heteroatoms. The van der Waals surface area contributed by atoms with Gasteiger partial charge in [-0.1, -0.05) is 6.92 Å². The van der Waals surface area contributed by atoms with E-state index in [0.717, 1.165) is 0 Å². The first-order chi connectivity index (χ1) is 6.27. The molecule has 0 spiro atoms. The topological polar surface area (TPSA) is 58.6 Å². The summed E-state index contributed by atoms with van der Waals surface area (Å²) < 4.78 is 0. The van der Waals surface area contributed by atoms with Crippen LogP contribution in [0, 0.1) is 0 Å². The normalized spacial score (nSPS) is 9.69. The Hall–Kier alpha value is -1.39. The summed E-state index contributed by atoms with van der Waals surface area (Å²) in [6.07, 6.45) is 0.489. The second-order valence-electron chi connectivity index (χ2n) is 2.55. The Bertz CT molecular complexity index is 281. The zero-order chi connectivity index (χ0) is 9.68. The van der Waals surface area contributed by atoms with Crippen molar-refractivity contribution in [3.05, 3.63) is 29.8 Å². The SMILES string of the molecule is CCC(=O)c1ccc(NOO)cc1. The van der Waals surface area contributed by atoms with Crippen molar-refractivity contribution in [1.82, 2.24) is 0 Å². The van der Waals surface area contributed by atoms with Crippen LogP contribution in [0.15, 0.2) is 24.3 Å². The van der Waals surface area contributed by atoms with Crippen molar-refractivity contribution in [2.24, 2.45) is 0 Å². The summed E-state index contributed by atoms with van der Waals surface area (Å²) in [6.45, 7) is 1.81. The van der Waals surface area contributed by atoms with Crippen LogP contribution in [-0.2, 0) is 4.99 Å². The fraction of sp³-hybridized carbons (Fsp3) is 0.222. The number of nitrogens with one attached hydrogen (secondary N) is 1. The van der Waals surface area contributed by atoms with Crippen LogP contribution in [0.25, 0.3) is 0 Å². The van der Waals surface area contributed by atoms with E-state index in [1.165, 1.54) is 0 Å². The number of benzene rings is 1. The zero-order valence-electron chi connectivity index (χ0n) is 7.28. The van der Waals surface area contributed by atoms with Crippen LogP contribution in [0.1, 0.15) is 23.7 Å². The smallest absolute Gasteiger partial charge is 0.162 e. The van der Waals surface area contributed by atoms with Gasteiger partial charge in [-0.05, 0) is 24.3 Å². The van der Waals surface area contributed by atoms with Crippen molar-refractivity contribution in [3.8, 4) is 0 Å². The van der Waals surface area contributed by atoms with Gasteiger partial charge in [-0.2, -0.15) is 0 Å². The van der Waals surface area contributed by atoms with E-state index in [1.54, 1.807) is 24.3 Å². The predicted octanol–water partition coefficient (Wildman–Crippen LogP) is 2.10. The van der Waals surface area contributed by atoms with Crippen molar-refractivity contribution in [2.75, 3.05) is 5.48 Å². The lowest BCUT2D eigenvalue weighted by Gasteiger charge is -2.01. The first kappa shape index (κ1) is 9.70. The van der Waals surface area contributed by atoms with Gasteiger partial charge in [0.05, 0.1) is 5.69 Å². The molecule has 0 radical (unpaired) electrons. The molecule has 0 aliphatic rings. The molecule has 70 valence electrons. The van der Waals surface area contributed by atoms with E-state index >= 15 is 0 Å². The molecule has 0 saturated carbocycles. The van der Waals surface area contributed by atoms with E-state index < -0.39 is 0 Å². The number of hydrogen-bond acceptors (Lipinski definition) is 4. The van der Waals surface area contributed by atoms with E-state index in [2.05, 4.69) is 10.5 Å². The molecule has 1 rings (SSSR count). The molecule has 0 aromatic heterocycles. The molecule has 0 aliphatic carbocycles. The molecular formula is C9H11NO3. The highest BCUT2D eigenvalue weighted by Gasteiger charge is 2.01. The summed E-state index contributed by atoms with van der Waals surface area (Å²) in [4.78, 5) is 14.9. The van der Waals surface area contributed by atoms with Gasteiger partial charge in [-0.15, -0.1) is 4.99 Å². The molecule has 4 nitrogen and oxygen atoms in total. The number of hydrogen-bond donors (Lipinski definition) is 2. The highest BCUT2D eigenvalue weighted by molar-refractivity contribution is 5.96. The third-order valence-electron chi connectivity index (χ3n) is 1.69. The van der Waals surface area contributed by atoms with Gasteiger partial charge < -0.3 is 0 Å². The third-order valence-corrected chi connectivity index (χ3v) is 1.69. The lowest BCUT2D eigenvalue weighted by molar-refractivity contribution is -0.215. The Labute approximate surface area is 76.0 Å². The van der Waals surface area contributed by atoms with E-state index in [-0.39, 0.29) is 5.78 Å². The highest BCUT2D eigenvalue weighted by atomic mass is 17.2. The number of carbonyl (C=O) groups is 1. The minimum atomic E-state index is 0.0940. The first-order valence-corrected chi connectivity index (χ1v) is 3.97. The third kappa shape index (κ3) is 2.54. The van der Waals surface area contributed by atoms with Crippen molar-refractivity contribution >= 4 is 11.5 Å². The molecule has 0 atom stereocenters. The fourth-order valence-electron chi connectivity index (χ4n) is 0.981.